The summed E-state index contributed by atoms with van der Waals surface area (Å²) < 4.78 is 20.4. The van der Waals surface area contributed by atoms with Gasteiger partial charge in [0, 0.05) is 0 Å². The molecule has 0 amide bonds. The van der Waals surface area contributed by atoms with Crippen LogP contribution in [0.25, 0.3) is 0 Å². The summed E-state index contributed by atoms with van der Waals surface area (Å²) in [7, 11) is 0. The summed E-state index contributed by atoms with van der Waals surface area (Å²) in [6.07, 6.45) is 0. The van der Waals surface area contributed by atoms with Crippen LogP contribution < -0.4 is 11.1 Å². The van der Waals surface area contributed by atoms with Crippen LogP contribution >= 0.6 is 24.0 Å². The molecule has 0 radical (unpaired) electrons. The number of hydrogen-bond acceptors (Lipinski definition) is 6. The maximum atomic E-state index is 10.3. The Morgan fingerprint density at radius 3 is 2.42 bits per heavy atom. The van der Waals surface area contributed by atoms with Gasteiger partial charge in [-0.25, -0.2) is 0 Å². The molecule has 0 aliphatic carbocycles. The molecule has 1 fully saturated rings. The minimum atomic E-state index is -3.13. The van der Waals surface area contributed by atoms with E-state index in [2.05, 4.69) is 35.9 Å². The number of hydrogen-bond donors (Lipinski definition) is 2. The van der Waals surface area contributed by atoms with Crippen molar-refractivity contribution in [3.8, 4) is 0 Å². The molecule has 0 saturated carbocycles. The first-order valence-electron chi connectivity index (χ1n) is 2.93. The molecule has 0 spiro atoms. The molecule has 1 aliphatic heterocycles. The molecule has 70 valence electrons. The summed E-state index contributed by atoms with van der Waals surface area (Å²) in [6, 6.07) is 0. The van der Waals surface area contributed by atoms with Crippen molar-refractivity contribution in [2.75, 3.05) is 12.3 Å². The van der Waals surface area contributed by atoms with Crippen LogP contribution in [-0.4, -0.2) is 20.4 Å². The molecule has 1 aliphatic rings. The second-order valence-electron chi connectivity index (χ2n) is 1.74. The predicted octanol–water partition coefficient (Wildman–Crippen LogP) is -0.307. The molecule has 3 N–H and O–H groups in total. The van der Waals surface area contributed by atoms with Gasteiger partial charge in [-0.1, -0.05) is 4.32 Å². The summed E-state index contributed by atoms with van der Waals surface area (Å²) in [6.45, 7) is 0.844. The van der Waals surface area contributed by atoms with E-state index < -0.39 is 17.2 Å². The van der Waals surface area contributed by atoms with E-state index in [1.54, 1.807) is 0 Å². The zero-order valence-electron chi connectivity index (χ0n) is 6.02. The second-order valence-corrected chi connectivity index (χ2v) is 7.32. The Bertz CT molecular complexity index is 202. The van der Waals surface area contributed by atoms with E-state index in [1.807, 2.05) is 0 Å². The van der Waals surface area contributed by atoms with E-state index in [4.69, 9.17) is 0 Å². The fraction of sp³-hybridized carbons (Fsp3) is 0.750. The molecule has 1 saturated heterocycles. The van der Waals surface area contributed by atoms with Gasteiger partial charge < -0.3 is 30.6 Å². The Morgan fingerprint density at radius 2 is 2.25 bits per heavy atom. The van der Waals surface area contributed by atoms with E-state index in [9.17, 15) is 6.80 Å². The van der Waals surface area contributed by atoms with Crippen molar-refractivity contribution in [2.24, 2.45) is 5.73 Å². The van der Waals surface area contributed by atoms with E-state index in [0.29, 0.717) is 0 Å². The molecule has 0 aromatic carbocycles. The molecule has 1 rings (SSSR count). The Kier molecular flexibility index (Phi) is 7.57. The Labute approximate surface area is 91.6 Å². The normalized spacial score (nSPS) is 20.8. The molecule has 8 heteroatoms. The third-order valence-corrected chi connectivity index (χ3v) is 4.97. The molecule has 1 atom stereocenters. The fourth-order valence-electron chi connectivity index (χ4n) is 0.525. The molecule has 1 unspecified atom stereocenters. The maximum absolute atomic E-state index is 10.3. The molecule has 12 heavy (non-hydrogen) atoms. The Hall–Kier alpha value is 0.708. The standard InChI is InChI=1S/C3H6NS.CH3NS2.Mo.2O/c1-2-5-3-4-1;2-1(3)4;;;/h3-4H,1-2H2;(H3,2,3,4);;;/q;;+1;;/p-1. The fourth-order valence-corrected chi connectivity index (χ4v) is 3.47. The molecule has 0 bridgehead atoms. The van der Waals surface area contributed by atoms with E-state index in [1.165, 1.54) is 11.8 Å². The Balaban J connectivity index is 0.000000261. The number of thioether (sulfide) groups is 1. The van der Waals surface area contributed by atoms with Crippen LogP contribution in [0.2, 0.25) is 0 Å². The van der Waals surface area contributed by atoms with Gasteiger partial charge in [0.2, 0.25) is 0 Å². The van der Waals surface area contributed by atoms with Gasteiger partial charge in [0.25, 0.3) is 0 Å². The quantitative estimate of drug-likeness (QED) is 0.391. The van der Waals surface area contributed by atoms with E-state index in [0.717, 1.165) is 12.3 Å². The van der Waals surface area contributed by atoms with Crippen molar-refractivity contribution < 1.29 is 24.0 Å². The monoisotopic (exact) mass is 310 g/mol. The number of thiocarbonyl (C=S) groups is 1. The average molecular weight is 308 g/mol. The van der Waals surface area contributed by atoms with Gasteiger partial charge in [-0.3, -0.25) is 0 Å². The first kappa shape index (κ1) is 12.7. The first-order chi connectivity index (χ1) is 5.54. The van der Waals surface area contributed by atoms with Gasteiger partial charge in [-0.05, 0) is 0 Å². The van der Waals surface area contributed by atoms with Crippen LogP contribution in [0.5, 0.6) is 0 Å². The third kappa shape index (κ3) is 7.36. The van der Waals surface area contributed by atoms with Gasteiger partial charge in [-0.15, -0.1) is 0 Å². The first-order valence-corrected chi connectivity index (χ1v) is 7.60. The van der Waals surface area contributed by atoms with Crippen LogP contribution in [0.4, 0.5) is 0 Å². The van der Waals surface area contributed by atoms with Crippen LogP contribution in [0.15, 0.2) is 0 Å². The average Bonchev–Trinajstić information content (AvgIpc) is 2.34. The summed E-state index contributed by atoms with van der Waals surface area (Å²) in [5.41, 5.74) is 4.66. The van der Waals surface area contributed by atoms with Crippen molar-refractivity contribution in [1.29, 1.82) is 0 Å². The van der Waals surface area contributed by atoms with Gasteiger partial charge in [0.15, 0.2) is 0 Å². The van der Waals surface area contributed by atoms with Gasteiger partial charge in [-0.2, -0.15) is 0 Å². The van der Waals surface area contributed by atoms with Gasteiger partial charge in [0.1, 0.15) is 0 Å². The minimum absolute atomic E-state index is 0.0833. The van der Waals surface area contributed by atoms with Crippen LogP contribution in [-0.2, 0) is 36.7 Å². The molecule has 4 nitrogen and oxygen atoms in total. The molecule has 0 aromatic rings. The number of nitrogens with two attached hydrogens (primary N) is 1. The van der Waals surface area contributed by atoms with Crippen molar-refractivity contribution in [2.45, 2.75) is 3.76 Å². The van der Waals surface area contributed by atoms with E-state index in [-0.39, 0.29) is 8.08 Å². The molecule has 1 heterocycles. The second kappa shape index (κ2) is 7.14. The summed E-state index contributed by atoms with van der Waals surface area (Å²) in [5, 5.41) is 2.87. The summed E-state index contributed by atoms with van der Waals surface area (Å²) in [4.78, 5) is 0. The summed E-state index contributed by atoms with van der Waals surface area (Å²) >= 11 is 6.62. The van der Waals surface area contributed by atoms with Crippen molar-refractivity contribution in [1.82, 2.24) is 5.32 Å². The summed E-state index contributed by atoms with van der Waals surface area (Å²) in [5.74, 6) is 0.937. The number of rotatable bonds is 1. The van der Waals surface area contributed by atoms with Crippen LogP contribution in [0, 0.1) is 0 Å². The SMILES string of the molecule is NC(=S)[S-].[O]=[Mo+](=[O])[CH]1NCCS1. The van der Waals surface area contributed by atoms with Crippen molar-refractivity contribution >= 4 is 40.9 Å². The number of nitrogens with one attached hydrogen (secondary N) is 1. The van der Waals surface area contributed by atoms with Crippen molar-refractivity contribution in [3.05, 3.63) is 0 Å². The van der Waals surface area contributed by atoms with Gasteiger partial charge >= 0.3 is 57.2 Å². The van der Waals surface area contributed by atoms with Crippen LogP contribution in [0.3, 0.4) is 0 Å². The van der Waals surface area contributed by atoms with Crippen LogP contribution in [0.1, 0.15) is 0 Å². The predicted molar refractivity (Wildman–Crippen MR) is 49.8 cm³/mol. The van der Waals surface area contributed by atoms with Gasteiger partial charge in [0.05, 0.1) is 0 Å². The molecular weight excluding hydrogens is 300 g/mol. The van der Waals surface area contributed by atoms with Crippen molar-refractivity contribution in [3.63, 3.8) is 0 Å². The zero-order chi connectivity index (χ0) is 9.56. The molecule has 0 aromatic heterocycles. The Morgan fingerprint density at radius 1 is 1.75 bits per heavy atom. The topological polar surface area (TPSA) is 72.2 Å². The van der Waals surface area contributed by atoms with E-state index >= 15 is 0 Å². The molecular formula is C4H8MoN2O2S3. The zero-order valence-corrected chi connectivity index (χ0v) is 10.5. The third-order valence-electron chi connectivity index (χ3n) is 0.857.